The van der Waals surface area contributed by atoms with Crippen LogP contribution in [0, 0.1) is 16.0 Å². The third-order valence-electron chi connectivity index (χ3n) is 3.35. The van der Waals surface area contributed by atoms with Crippen LogP contribution < -0.4 is 5.32 Å². The highest BCUT2D eigenvalue weighted by Crippen LogP contribution is 2.23. The Labute approximate surface area is 105 Å². The maximum atomic E-state index is 11.6. The Kier molecular flexibility index (Phi) is 3.92. The summed E-state index contributed by atoms with van der Waals surface area (Å²) in [7, 11) is 0. The number of hydrogen-bond acceptors (Lipinski definition) is 3. The standard InChI is InChI=1S/C13H16N2O3/c16-13-11(5-3-9-14-13)8-7-10-4-1-2-6-12(10)15(17)18/h1-2,4,6,11H,3,5,7-9H2,(H,14,16). The summed E-state index contributed by atoms with van der Waals surface area (Å²) in [6.45, 7) is 0.751. The average Bonchev–Trinajstić information content (AvgIpc) is 2.38. The summed E-state index contributed by atoms with van der Waals surface area (Å²) in [5.41, 5.74) is 0.856. The lowest BCUT2D eigenvalue weighted by Gasteiger charge is -2.21. The van der Waals surface area contributed by atoms with Crippen molar-refractivity contribution >= 4 is 11.6 Å². The molecule has 1 atom stereocenters. The first-order valence-electron chi connectivity index (χ1n) is 6.18. The van der Waals surface area contributed by atoms with Gasteiger partial charge in [-0.25, -0.2) is 0 Å². The number of para-hydroxylation sites is 1. The molecule has 1 heterocycles. The molecule has 0 radical (unpaired) electrons. The molecule has 1 unspecified atom stereocenters. The molecule has 1 aliphatic heterocycles. The Morgan fingerprint density at radius 1 is 1.39 bits per heavy atom. The monoisotopic (exact) mass is 248 g/mol. The number of piperidine rings is 1. The Morgan fingerprint density at radius 2 is 2.17 bits per heavy atom. The minimum absolute atomic E-state index is 0.00133. The van der Waals surface area contributed by atoms with Crippen LogP contribution in [0.4, 0.5) is 5.69 Å². The van der Waals surface area contributed by atoms with Gasteiger partial charge in [0.05, 0.1) is 4.92 Å². The number of carbonyl (C=O) groups is 1. The number of aryl methyl sites for hydroxylation is 1. The number of amides is 1. The van der Waals surface area contributed by atoms with Crippen LogP contribution in [0.3, 0.4) is 0 Å². The van der Waals surface area contributed by atoms with E-state index in [1.54, 1.807) is 18.2 Å². The topological polar surface area (TPSA) is 72.2 Å². The number of benzene rings is 1. The van der Waals surface area contributed by atoms with Gasteiger partial charge in [0, 0.05) is 24.1 Å². The van der Waals surface area contributed by atoms with Gasteiger partial charge in [-0.3, -0.25) is 14.9 Å². The summed E-state index contributed by atoms with van der Waals surface area (Å²) >= 11 is 0. The van der Waals surface area contributed by atoms with Crippen LogP contribution in [-0.4, -0.2) is 17.4 Å². The van der Waals surface area contributed by atoms with E-state index in [4.69, 9.17) is 0 Å². The molecule has 1 N–H and O–H groups in total. The molecule has 0 spiro atoms. The molecule has 1 amide bonds. The number of nitro groups is 1. The second kappa shape index (κ2) is 5.62. The Bertz CT molecular complexity index is 459. The van der Waals surface area contributed by atoms with E-state index in [0.717, 1.165) is 19.4 Å². The van der Waals surface area contributed by atoms with Gasteiger partial charge in [0.1, 0.15) is 0 Å². The molecule has 96 valence electrons. The number of nitro benzene ring substituents is 1. The zero-order chi connectivity index (χ0) is 13.0. The van der Waals surface area contributed by atoms with E-state index in [1.165, 1.54) is 6.07 Å². The van der Waals surface area contributed by atoms with Gasteiger partial charge in [-0.15, -0.1) is 0 Å². The zero-order valence-electron chi connectivity index (χ0n) is 10.1. The second-order valence-electron chi connectivity index (χ2n) is 4.55. The van der Waals surface area contributed by atoms with E-state index < -0.39 is 0 Å². The quantitative estimate of drug-likeness (QED) is 0.654. The molecule has 1 fully saturated rings. The fraction of sp³-hybridized carbons (Fsp3) is 0.462. The van der Waals surface area contributed by atoms with Crippen molar-refractivity contribution in [3.63, 3.8) is 0 Å². The third-order valence-corrected chi connectivity index (χ3v) is 3.35. The van der Waals surface area contributed by atoms with Gasteiger partial charge in [-0.05, 0) is 25.7 Å². The van der Waals surface area contributed by atoms with Crippen molar-refractivity contribution in [2.24, 2.45) is 5.92 Å². The van der Waals surface area contributed by atoms with Crippen molar-refractivity contribution < 1.29 is 9.72 Å². The summed E-state index contributed by atoms with van der Waals surface area (Å²) in [5.74, 6) is 0.0818. The Hall–Kier alpha value is -1.91. The highest BCUT2D eigenvalue weighted by molar-refractivity contribution is 5.79. The lowest BCUT2D eigenvalue weighted by atomic mass is 9.91. The highest BCUT2D eigenvalue weighted by Gasteiger charge is 2.22. The molecule has 0 saturated carbocycles. The van der Waals surface area contributed by atoms with E-state index in [-0.39, 0.29) is 22.4 Å². The van der Waals surface area contributed by atoms with Gasteiger partial charge in [0.25, 0.3) is 5.69 Å². The van der Waals surface area contributed by atoms with Crippen LogP contribution in [0.25, 0.3) is 0 Å². The third kappa shape index (κ3) is 2.85. The summed E-state index contributed by atoms with van der Waals surface area (Å²) in [6.07, 6.45) is 3.13. The van der Waals surface area contributed by atoms with Crippen LogP contribution in [0.5, 0.6) is 0 Å². The molecular formula is C13H16N2O3. The maximum absolute atomic E-state index is 11.6. The van der Waals surface area contributed by atoms with Crippen LogP contribution in [0.2, 0.25) is 0 Å². The molecule has 1 aromatic carbocycles. The molecule has 5 heteroatoms. The summed E-state index contributed by atoms with van der Waals surface area (Å²) < 4.78 is 0. The molecule has 0 aromatic heterocycles. The number of hydrogen-bond donors (Lipinski definition) is 1. The molecule has 1 saturated heterocycles. The van der Waals surface area contributed by atoms with E-state index in [0.29, 0.717) is 18.4 Å². The van der Waals surface area contributed by atoms with E-state index in [9.17, 15) is 14.9 Å². The Balaban J connectivity index is 2.01. The molecule has 18 heavy (non-hydrogen) atoms. The lowest BCUT2D eigenvalue weighted by Crippen LogP contribution is -2.36. The minimum Gasteiger partial charge on any atom is -0.356 e. The zero-order valence-corrected chi connectivity index (χ0v) is 10.1. The number of rotatable bonds is 4. The fourth-order valence-corrected chi connectivity index (χ4v) is 2.34. The van der Waals surface area contributed by atoms with Gasteiger partial charge in [0.2, 0.25) is 5.91 Å². The Morgan fingerprint density at radius 3 is 2.89 bits per heavy atom. The first-order chi connectivity index (χ1) is 8.68. The van der Waals surface area contributed by atoms with E-state index >= 15 is 0 Å². The van der Waals surface area contributed by atoms with Crippen LogP contribution in [0.15, 0.2) is 24.3 Å². The van der Waals surface area contributed by atoms with Crippen LogP contribution in [0.1, 0.15) is 24.8 Å². The van der Waals surface area contributed by atoms with Gasteiger partial charge in [-0.1, -0.05) is 18.2 Å². The van der Waals surface area contributed by atoms with Gasteiger partial charge in [0.15, 0.2) is 0 Å². The van der Waals surface area contributed by atoms with Crippen molar-refractivity contribution in [3.05, 3.63) is 39.9 Å². The molecule has 1 aliphatic rings. The number of carbonyl (C=O) groups excluding carboxylic acids is 1. The van der Waals surface area contributed by atoms with Gasteiger partial charge in [-0.2, -0.15) is 0 Å². The van der Waals surface area contributed by atoms with E-state index in [2.05, 4.69) is 5.32 Å². The number of nitrogens with zero attached hydrogens (tertiary/aromatic N) is 1. The smallest absolute Gasteiger partial charge is 0.272 e. The predicted molar refractivity (Wildman–Crippen MR) is 67.2 cm³/mol. The molecule has 1 aromatic rings. The average molecular weight is 248 g/mol. The summed E-state index contributed by atoms with van der Waals surface area (Å²) in [6, 6.07) is 6.73. The van der Waals surface area contributed by atoms with Crippen molar-refractivity contribution in [3.8, 4) is 0 Å². The first-order valence-corrected chi connectivity index (χ1v) is 6.18. The summed E-state index contributed by atoms with van der Waals surface area (Å²) in [5, 5.41) is 13.7. The van der Waals surface area contributed by atoms with Crippen molar-refractivity contribution in [1.29, 1.82) is 0 Å². The van der Waals surface area contributed by atoms with Gasteiger partial charge >= 0.3 is 0 Å². The lowest BCUT2D eigenvalue weighted by molar-refractivity contribution is -0.385. The van der Waals surface area contributed by atoms with Crippen molar-refractivity contribution in [2.75, 3.05) is 6.54 Å². The van der Waals surface area contributed by atoms with Crippen molar-refractivity contribution in [2.45, 2.75) is 25.7 Å². The molecule has 0 bridgehead atoms. The van der Waals surface area contributed by atoms with Crippen molar-refractivity contribution in [1.82, 2.24) is 5.32 Å². The largest absolute Gasteiger partial charge is 0.356 e. The summed E-state index contributed by atoms with van der Waals surface area (Å²) in [4.78, 5) is 22.1. The molecule has 0 aliphatic carbocycles. The number of nitrogens with one attached hydrogen (secondary N) is 1. The minimum atomic E-state index is -0.365. The van der Waals surface area contributed by atoms with Crippen LogP contribution >= 0.6 is 0 Å². The predicted octanol–water partition coefficient (Wildman–Crippen LogP) is 2.05. The fourth-order valence-electron chi connectivity index (χ4n) is 2.34. The molecule has 5 nitrogen and oxygen atoms in total. The maximum Gasteiger partial charge on any atom is 0.272 e. The second-order valence-corrected chi connectivity index (χ2v) is 4.55. The van der Waals surface area contributed by atoms with Gasteiger partial charge < -0.3 is 5.32 Å². The first kappa shape index (κ1) is 12.5. The molecule has 2 rings (SSSR count). The molecular weight excluding hydrogens is 232 g/mol. The normalized spacial score (nSPS) is 19.3. The van der Waals surface area contributed by atoms with Crippen LogP contribution in [-0.2, 0) is 11.2 Å². The SMILES string of the molecule is O=C1NCCCC1CCc1ccccc1[N+](=O)[O-]. The van der Waals surface area contributed by atoms with E-state index in [1.807, 2.05) is 0 Å². The highest BCUT2D eigenvalue weighted by atomic mass is 16.6.